The number of hydrogen-bond acceptors (Lipinski definition) is 5. The molecule has 0 saturated heterocycles. The van der Waals surface area contributed by atoms with Crippen molar-refractivity contribution in [3.8, 4) is 17.6 Å². The Morgan fingerprint density at radius 1 is 1.28 bits per heavy atom. The molecule has 0 unspecified atom stereocenters. The summed E-state index contributed by atoms with van der Waals surface area (Å²) in [6.07, 6.45) is -0.655. The van der Waals surface area contributed by atoms with E-state index in [1.165, 1.54) is 0 Å². The van der Waals surface area contributed by atoms with Crippen LogP contribution in [0.15, 0.2) is 35.5 Å². The summed E-state index contributed by atoms with van der Waals surface area (Å²) in [7, 11) is -4.47. The first-order valence-corrected chi connectivity index (χ1v) is 11.4. The van der Waals surface area contributed by atoms with E-state index in [4.69, 9.17) is 0 Å². The van der Waals surface area contributed by atoms with Crippen LogP contribution in [0.1, 0.15) is 30.9 Å². The van der Waals surface area contributed by atoms with Crippen LogP contribution in [0.2, 0.25) is 0 Å². The van der Waals surface area contributed by atoms with Gasteiger partial charge in [-0.2, -0.15) is 23.2 Å². The summed E-state index contributed by atoms with van der Waals surface area (Å²) >= 11 is 0. The zero-order valence-corrected chi connectivity index (χ0v) is 18.1. The molecule has 0 aliphatic heterocycles. The smallest absolute Gasteiger partial charge is 0.336 e. The molecule has 4 rings (SSSR count). The zero-order valence-electron chi connectivity index (χ0n) is 17.3. The van der Waals surface area contributed by atoms with Gasteiger partial charge in [0.25, 0.3) is 0 Å². The van der Waals surface area contributed by atoms with Gasteiger partial charge in [-0.3, -0.25) is 0 Å². The van der Waals surface area contributed by atoms with Crippen LogP contribution in [0.25, 0.3) is 22.4 Å². The molecule has 2 aromatic heterocycles. The molecule has 3 aromatic rings. The molecule has 1 aliphatic rings. The molecule has 11 heteroatoms. The second-order valence-electron chi connectivity index (χ2n) is 8.04. The van der Waals surface area contributed by atoms with Crippen LogP contribution in [-0.2, 0) is 16.6 Å². The van der Waals surface area contributed by atoms with Crippen molar-refractivity contribution >= 4 is 20.9 Å². The number of hydrogen-bond donors (Lipinski definition) is 1. The van der Waals surface area contributed by atoms with Crippen molar-refractivity contribution in [3.05, 3.63) is 41.7 Å². The third kappa shape index (κ3) is 4.20. The van der Waals surface area contributed by atoms with Gasteiger partial charge in [-0.1, -0.05) is 11.6 Å². The van der Waals surface area contributed by atoms with E-state index in [1.54, 1.807) is 4.72 Å². The number of rotatable bonds is 6. The molecule has 0 radical (unpaired) electrons. The third-order valence-corrected chi connectivity index (χ3v) is 6.94. The highest BCUT2D eigenvalue weighted by Crippen LogP contribution is 2.38. The molecule has 0 amide bonds. The number of sulfonamides is 1. The molecular formula is C21H20F3N5O2S. The lowest BCUT2D eigenvalue weighted by molar-refractivity contribution is -0.147. The second-order valence-corrected chi connectivity index (χ2v) is 9.75. The van der Waals surface area contributed by atoms with Crippen molar-refractivity contribution in [1.29, 1.82) is 5.26 Å². The van der Waals surface area contributed by atoms with Crippen molar-refractivity contribution < 1.29 is 21.6 Å². The van der Waals surface area contributed by atoms with E-state index < -0.39 is 27.1 Å². The van der Waals surface area contributed by atoms with Crippen LogP contribution >= 0.6 is 0 Å². The number of fused-ring (bicyclic) bond motifs is 1. The molecule has 7 nitrogen and oxygen atoms in total. The number of nitrogens with zero attached hydrogens (tertiary/aromatic N) is 4. The Balaban J connectivity index is 1.77. The molecule has 1 saturated carbocycles. The minimum Gasteiger partial charge on any atom is -0.336 e. The van der Waals surface area contributed by atoms with Crippen molar-refractivity contribution in [2.45, 2.75) is 50.3 Å². The molecule has 168 valence electrons. The molecule has 1 atom stereocenters. The van der Waals surface area contributed by atoms with Gasteiger partial charge in [0.05, 0.1) is 18.0 Å². The lowest BCUT2D eigenvalue weighted by Crippen LogP contribution is -2.43. The van der Waals surface area contributed by atoms with E-state index in [2.05, 4.69) is 16.0 Å². The Morgan fingerprint density at radius 3 is 2.50 bits per heavy atom. The Bertz CT molecular complexity index is 1320. The van der Waals surface area contributed by atoms with Gasteiger partial charge in [-0.25, -0.2) is 18.4 Å². The first-order chi connectivity index (χ1) is 15.0. The third-order valence-electron chi connectivity index (χ3n) is 5.44. The van der Waals surface area contributed by atoms with Gasteiger partial charge in [0.1, 0.15) is 22.7 Å². The van der Waals surface area contributed by atoms with Gasteiger partial charge in [0.15, 0.2) is 5.82 Å². The molecule has 32 heavy (non-hydrogen) atoms. The summed E-state index contributed by atoms with van der Waals surface area (Å²) in [5, 5.41) is 10.6. The van der Waals surface area contributed by atoms with E-state index in [1.807, 2.05) is 29.7 Å². The van der Waals surface area contributed by atoms with Gasteiger partial charge >= 0.3 is 6.18 Å². The average Bonchev–Trinajstić information content (AvgIpc) is 3.48. The van der Waals surface area contributed by atoms with Crippen LogP contribution in [0.3, 0.4) is 0 Å². The summed E-state index contributed by atoms with van der Waals surface area (Å²) in [5.41, 5.74) is 2.69. The second kappa shape index (κ2) is 7.86. The number of aromatic nitrogens is 3. The maximum atomic E-state index is 12.8. The standard InChI is InChI=1S/C21H20F3N5O2S/c1-12-3-6-18-16(7-12)17(8-25)19(29(18)11-14-4-5-14)20-26-9-15(10-27-20)32(30,31)28-13(2)21(22,23)24/h3,6-7,9-10,13-14,28H,4-5,11H2,1-2H3/t13-/m0/s1. The highest BCUT2D eigenvalue weighted by Gasteiger charge is 2.39. The largest absolute Gasteiger partial charge is 0.404 e. The van der Waals surface area contributed by atoms with Crippen molar-refractivity contribution in [2.75, 3.05) is 0 Å². The van der Waals surface area contributed by atoms with E-state index in [0.717, 1.165) is 41.7 Å². The minimum atomic E-state index is -4.72. The minimum absolute atomic E-state index is 0.138. The Morgan fingerprint density at radius 2 is 1.94 bits per heavy atom. The molecule has 1 aromatic carbocycles. The van der Waals surface area contributed by atoms with Crippen LogP contribution in [-0.4, -0.2) is 35.2 Å². The molecule has 0 bridgehead atoms. The Labute approximate surface area is 183 Å². The Kier molecular flexibility index (Phi) is 5.46. The fourth-order valence-corrected chi connectivity index (χ4v) is 4.63. The summed E-state index contributed by atoms with van der Waals surface area (Å²) in [4.78, 5) is 7.74. The molecule has 2 heterocycles. The molecular weight excluding hydrogens is 443 g/mol. The summed E-state index contributed by atoms with van der Waals surface area (Å²) in [6.45, 7) is 3.30. The fraction of sp³-hybridized carbons (Fsp3) is 0.381. The van der Waals surface area contributed by atoms with E-state index >= 15 is 0 Å². The predicted molar refractivity (Wildman–Crippen MR) is 111 cm³/mol. The Hall–Kier alpha value is -2.97. The van der Waals surface area contributed by atoms with E-state index in [0.29, 0.717) is 30.6 Å². The quantitative estimate of drug-likeness (QED) is 0.597. The summed E-state index contributed by atoms with van der Waals surface area (Å²) < 4.78 is 66.4. The number of benzene rings is 1. The van der Waals surface area contributed by atoms with Gasteiger partial charge in [-0.05, 0) is 44.7 Å². The normalized spacial score (nSPS) is 15.6. The van der Waals surface area contributed by atoms with Crippen molar-refractivity contribution in [1.82, 2.24) is 19.3 Å². The number of aryl methyl sites for hydroxylation is 1. The zero-order chi connectivity index (χ0) is 23.3. The molecule has 1 fully saturated rings. The topological polar surface area (TPSA) is 101 Å². The van der Waals surface area contributed by atoms with Gasteiger partial charge in [0, 0.05) is 17.4 Å². The predicted octanol–water partition coefficient (Wildman–Crippen LogP) is 3.92. The number of nitrogens with one attached hydrogen (secondary N) is 1. The first kappa shape index (κ1) is 22.2. The summed E-state index contributed by atoms with van der Waals surface area (Å²) in [5.74, 6) is 0.615. The maximum Gasteiger partial charge on any atom is 0.404 e. The van der Waals surface area contributed by atoms with E-state index in [9.17, 15) is 26.9 Å². The monoisotopic (exact) mass is 463 g/mol. The van der Waals surface area contributed by atoms with Gasteiger partial charge in [0.2, 0.25) is 10.0 Å². The lowest BCUT2D eigenvalue weighted by atomic mass is 10.1. The highest BCUT2D eigenvalue weighted by molar-refractivity contribution is 7.89. The van der Waals surface area contributed by atoms with Crippen LogP contribution in [0.5, 0.6) is 0 Å². The van der Waals surface area contributed by atoms with Crippen LogP contribution < -0.4 is 4.72 Å². The maximum absolute atomic E-state index is 12.8. The number of alkyl halides is 3. The van der Waals surface area contributed by atoms with Crippen molar-refractivity contribution in [2.24, 2.45) is 5.92 Å². The van der Waals surface area contributed by atoms with Gasteiger partial charge < -0.3 is 4.57 Å². The fourth-order valence-electron chi connectivity index (χ4n) is 3.51. The van der Waals surface area contributed by atoms with Crippen LogP contribution in [0.4, 0.5) is 13.2 Å². The number of halogens is 3. The SMILES string of the molecule is Cc1ccc2c(c1)c(C#N)c(-c1ncc(S(=O)(=O)N[C@@H](C)C(F)(F)F)cn1)n2CC1CC1. The number of nitriles is 1. The summed E-state index contributed by atoms with van der Waals surface area (Å²) in [6, 6.07) is 5.73. The van der Waals surface area contributed by atoms with E-state index in [-0.39, 0.29) is 5.82 Å². The lowest BCUT2D eigenvalue weighted by Gasteiger charge is -2.17. The van der Waals surface area contributed by atoms with Crippen molar-refractivity contribution in [3.63, 3.8) is 0 Å². The molecule has 1 aliphatic carbocycles. The first-order valence-electron chi connectivity index (χ1n) is 9.95. The van der Waals surface area contributed by atoms with Gasteiger partial charge in [-0.15, -0.1) is 0 Å². The average molecular weight is 463 g/mol. The molecule has 1 N–H and O–H groups in total. The molecule has 0 spiro atoms. The highest BCUT2D eigenvalue weighted by atomic mass is 32.2. The van der Waals surface area contributed by atoms with Crippen LogP contribution in [0, 0.1) is 24.2 Å².